The zero-order valence-electron chi connectivity index (χ0n) is 16.3. The van der Waals surface area contributed by atoms with Crippen molar-refractivity contribution in [3.8, 4) is 11.3 Å². The first-order valence-corrected chi connectivity index (χ1v) is 9.15. The summed E-state index contributed by atoms with van der Waals surface area (Å²) in [5.41, 5.74) is -4.90. The van der Waals surface area contributed by atoms with Crippen LogP contribution in [0.25, 0.3) is 22.2 Å². The number of carbonyl (C=O) groups is 1. The number of carbonyl (C=O) groups excluding carboxylic acids is 1. The summed E-state index contributed by atoms with van der Waals surface area (Å²) in [5, 5.41) is 0.123. The van der Waals surface area contributed by atoms with E-state index in [2.05, 4.69) is 4.98 Å². The van der Waals surface area contributed by atoms with E-state index in [0.29, 0.717) is 18.2 Å². The molecule has 0 amide bonds. The van der Waals surface area contributed by atoms with Crippen LogP contribution in [0.1, 0.15) is 31.9 Å². The second-order valence-electron chi connectivity index (χ2n) is 7.67. The SMILES string of the molecule is CC(C)(C)OC(=O)n1c(-c2cc(C(F)(F)F)ccc2C(F)(F)F)cc2cnc(Cl)cc21. The van der Waals surface area contributed by atoms with Crippen LogP contribution >= 0.6 is 11.6 Å². The van der Waals surface area contributed by atoms with E-state index in [4.69, 9.17) is 16.3 Å². The minimum Gasteiger partial charge on any atom is -0.443 e. The van der Waals surface area contributed by atoms with Crippen molar-refractivity contribution in [3.63, 3.8) is 0 Å². The van der Waals surface area contributed by atoms with Crippen LogP contribution in [0, 0.1) is 0 Å². The molecule has 0 saturated carbocycles. The number of pyridine rings is 1. The van der Waals surface area contributed by atoms with E-state index in [0.717, 1.165) is 10.6 Å². The van der Waals surface area contributed by atoms with Crippen molar-refractivity contribution in [2.45, 2.75) is 38.7 Å². The number of benzene rings is 1. The molecule has 0 saturated heterocycles. The third kappa shape index (κ3) is 4.79. The monoisotopic (exact) mass is 464 g/mol. The standard InChI is InChI=1S/C20H15ClF6N2O2/c1-18(2,3)31-17(30)29-14-8-16(21)28-9-10(14)6-15(29)12-7-11(19(22,23)24)4-5-13(12)20(25,26)27/h4-9H,1-3H3. The lowest BCUT2D eigenvalue weighted by molar-refractivity contribution is -0.141. The number of rotatable bonds is 1. The van der Waals surface area contributed by atoms with E-state index in [9.17, 15) is 31.1 Å². The Kier molecular flexibility index (Phi) is 5.50. The molecule has 31 heavy (non-hydrogen) atoms. The first-order chi connectivity index (χ1) is 14.1. The average Bonchev–Trinajstić information content (AvgIpc) is 2.96. The summed E-state index contributed by atoms with van der Waals surface area (Å²) >= 11 is 5.87. The van der Waals surface area contributed by atoms with Gasteiger partial charge in [0, 0.05) is 23.2 Å². The molecule has 3 rings (SSSR count). The normalized spacial score (nSPS) is 13.0. The number of hydrogen-bond acceptors (Lipinski definition) is 3. The zero-order chi connectivity index (χ0) is 23.4. The molecule has 2 heterocycles. The third-order valence-corrected chi connectivity index (χ3v) is 4.36. The Hall–Kier alpha value is -2.75. The Morgan fingerprint density at radius 1 is 1.00 bits per heavy atom. The second kappa shape index (κ2) is 7.44. The molecule has 0 spiro atoms. The molecule has 3 aromatic rings. The maximum Gasteiger partial charge on any atom is 0.419 e. The van der Waals surface area contributed by atoms with E-state index in [1.807, 2.05) is 0 Å². The molecule has 0 atom stereocenters. The first kappa shape index (κ1) is 22.9. The maximum atomic E-state index is 13.6. The summed E-state index contributed by atoms with van der Waals surface area (Å²) in [6.45, 7) is 4.61. The fourth-order valence-electron chi connectivity index (χ4n) is 2.96. The molecule has 0 radical (unpaired) electrons. The van der Waals surface area contributed by atoms with E-state index in [-0.39, 0.29) is 16.1 Å². The number of halogens is 7. The molecule has 11 heteroatoms. The quantitative estimate of drug-likeness (QED) is 0.283. The Morgan fingerprint density at radius 2 is 1.65 bits per heavy atom. The van der Waals surface area contributed by atoms with Gasteiger partial charge in [0.05, 0.1) is 22.3 Å². The molecular formula is C20H15ClF6N2O2. The fraction of sp³-hybridized carbons (Fsp3) is 0.300. The molecule has 1 aromatic carbocycles. The molecule has 4 nitrogen and oxygen atoms in total. The van der Waals surface area contributed by atoms with Crippen LogP contribution in [-0.4, -0.2) is 21.2 Å². The number of ether oxygens (including phenoxy) is 1. The summed E-state index contributed by atoms with van der Waals surface area (Å²) in [4.78, 5) is 16.7. The van der Waals surface area contributed by atoms with Gasteiger partial charge in [-0.2, -0.15) is 26.3 Å². The van der Waals surface area contributed by atoms with Crippen molar-refractivity contribution in [1.82, 2.24) is 9.55 Å². The largest absolute Gasteiger partial charge is 0.443 e. The number of fused-ring (bicyclic) bond motifs is 1. The summed E-state index contributed by atoms with van der Waals surface area (Å²) < 4.78 is 86.7. The van der Waals surface area contributed by atoms with Crippen LogP contribution in [0.15, 0.2) is 36.5 Å². The van der Waals surface area contributed by atoms with Gasteiger partial charge in [-0.3, -0.25) is 0 Å². The lowest BCUT2D eigenvalue weighted by Gasteiger charge is -2.22. The van der Waals surface area contributed by atoms with Gasteiger partial charge < -0.3 is 4.74 Å². The molecule has 166 valence electrons. The lowest BCUT2D eigenvalue weighted by atomic mass is 10.00. The fourth-order valence-corrected chi connectivity index (χ4v) is 3.11. The van der Waals surface area contributed by atoms with Crippen LogP contribution < -0.4 is 0 Å². The Bertz CT molecular complexity index is 1160. The highest BCUT2D eigenvalue weighted by Crippen LogP contribution is 2.42. The molecule has 0 unspecified atom stereocenters. The average molecular weight is 465 g/mol. The summed E-state index contributed by atoms with van der Waals surface area (Å²) in [7, 11) is 0. The van der Waals surface area contributed by atoms with Crippen molar-refractivity contribution in [1.29, 1.82) is 0 Å². The Labute approximate surface area is 177 Å². The van der Waals surface area contributed by atoms with Gasteiger partial charge in [0.15, 0.2) is 0 Å². The minimum absolute atomic E-state index is 0.0368. The molecule has 0 aliphatic carbocycles. The van der Waals surface area contributed by atoms with Crippen LogP contribution in [-0.2, 0) is 17.1 Å². The van der Waals surface area contributed by atoms with Gasteiger partial charge in [-0.1, -0.05) is 11.6 Å². The summed E-state index contributed by atoms with van der Waals surface area (Å²) in [6.07, 6.45) is -9.76. The maximum absolute atomic E-state index is 13.6. The van der Waals surface area contributed by atoms with E-state index < -0.39 is 46.4 Å². The third-order valence-electron chi connectivity index (χ3n) is 4.16. The van der Waals surface area contributed by atoms with Gasteiger partial charge in [0.1, 0.15) is 10.8 Å². The van der Waals surface area contributed by atoms with Gasteiger partial charge in [-0.05, 0) is 45.0 Å². The van der Waals surface area contributed by atoms with Gasteiger partial charge in [0.2, 0.25) is 0 Å². The van der Waals surface area contributed by atoms with Crippen molar-refractivity contribution in [2.24, 2.45) is 0 Å². The van der Waals surface area contributed by atoms with E-state index in [1.54, 1.807) is 0 Å². The van der Waals surface area contributed by atoms with Gasteiger partial charge >= 0.3 is 18.4 Å². The van der Waals surface area contributed by atoms with Crippen molar-refractivity contribution >= 4 is 28.6 Å². The smallest absolute Gasteiger partial charge is 0.419 e. The minimum atomic E-state index is -4.98. The summed E-state index contributed by atoms with van der Waals surface area (Å²) in [6, 6.07) is 3.37. The molecule has 0 bridgehead atoms. The Morgan fingerprint density at radius 3 is 2.19 bits per heavy atom. The van der Waals surface area contributed by atoms with Crippen LogP contribution in [0.2, 0.25) is 5.15 Å². The van der Waals surface area contributed by atoms with Crippen molar-refractivity contribution in [3.05, 3.63) is 52.8 Å². The van der Waals surface area contributed by atoms with Crippen LogP contribution in [0.5, 0.6) is 0 Å². The van der Waals surface area contributed by atoms with Crippen LogP contribution in [0.4, 0.5) is 31.1 Å². The predicted molar refractivity (Wildman–Crippen MR) is 102 cm³/mol. The number of alkyl halides is 6. The molecule has 0 aliphatic heterocycles. The van der Waals surface area contributed by atoms with Gasteiger partial charge in [-0.25, -0.2) is 14.3 Å². The van der Waals surface area contributed by atoms with Crippen molar-refractivity contribution in [2.75, 3.05) is 0 Å². The summed E-state index contributed by atoms with van der Waals surface area (Å²) in [5.74, 6) is 0. The molecule has 2 aromatic heterocycles. The highest BCUT2D eigenvalue weighted by atomic mass is 35.5. The Balaban J connectivity index is 2.39. The van der Waals surface area contributed by atoms with Crippen LogP contribution in [0.3, 0.4) is 0 Å². The zero-order valence-corrected chi connectivity index (χ0v) is 17.1. The molecular weight excluding hydrogens is 450 g/mol. The predicted octanol–water partition coefficient (Wildman–Crippen LogP) is 7.18. The number of nitrogens with zero attached hydrogens (tertiary/aromatic N) is 2. The molecule has 0 N–H and O–H groups in total. The van der Waals surface area contributed by atoms with Gasteiger partial charge in [-0.15, -0.1) is 0 Å². The van der Waals surface area contributed by atoms with Crippen molar-refractivity contribution < 1.29 is 35.9 Å². The number of aromatic nitrogens is 2. The van der Waals surface area contributed by atoms with E-state index in [1.165, 1.54) is 33.0 Å². The second-order valence-corrected chi connectivity index (χ2v) is 8.05. The van der Waals surface area contributed by atoms with Gasteiger partial charge in [0.25, 0.3) is 0 Å². The first-order valence-electron chi connectivity index (χ1n) is 8.77. The van der Waals surface area contributed by atoms with E-state index >= 15 is 0 Å². The molecule has 0 fully saturated rings. The lowest BCUT2D eigenvalue weighted by Crippen LogP contribution is -2.27. The molecule has 0 aliphatic rings. The highest BCUT2D eigenvalue weighted by Gasteiger charge is 2.38. The topological polar surface area (TPSA) is 44.1 Å². The highest BCUT2D eigenvalue weighted by molar-refractivity contribution is 6.30. The number of hydrogen-bond donors (Lipinski definition) is 0.